The summed E-state index contributed by atoms with van der Waals surface area (Å²) in [6.07, 6.45) is 0. The van der Waals surface area contributed by atoms with Gasteiger partial charge in [0.15, 0.2) is 0 Å². The largest absolute Gasteiger partial charge is 0.456 e. The third kappa shape index (κ3) is 3.14. The zero-order chi connectivity index (χ0) is 14.7. The lowest BCUT2D eigenvalue weighted by Crippen LogP contribution is -2.07. The quantitative estimate of drug-likeness (QED) is 0.875. The maximum absolute atomic E-state index is 6.16. The molecular formula is C17H20ClNO. The topological polar surface area (TPSA) is 21.3 Å². The van der Waals surface area contributed by atoms with Crippen molar-refractivity contribution in [1.29, 1.82) is 0 Å². The van der Waals surface area contributed by atoms with Gasteiger partial charge in [0, 0.05) is 17.1 Å². The highest BCUT2D eigenvalue weighted by Crippen LogP contribution is 2.33. The molecule has 20 heavy (non-hydrogen) atoms. The number of hydrogen-bond acceptors (Lipinski definition) is 2. The van der Waals surface area contributed by atoms with E-state index in [1.165, 1.54) is 11.1 Å². The van der Waals surface area contributed by atoms with E-state index in [1.807, 2.05) is 25.2 Å². The van der Waals surface area contributed by atoms with Crippen molar-refractivity contribution in [2.75, 3.05) is 7.05 Å². The van der Waals surface area contributed by atoms with Crippen LogP contribution in [0.15, 0.2) is 30.3 Å². The van der Waals surface area contributed by atoms with E-state index in [-0.39, 0.29) is 0 Å². The minimum absolute atomic E-state index is 0.722. The molecule has 1 N–H and O–H groups in total. The van der Waals surface area contributed by atoms with Crippen molar-refractivity contribution in [3.63, 3.8) is 0 Å². The van der Waals surface area contributed by atoms with Crippen molar-refractivity contribution in [3.05, 3.63) is 57.6 Å². The Hall–Kier alpha value is -1.51. The Balaban J connectivity index is 2.42. The molecular weight excluding hydrogens is 270 g/mol. The van der Waals surface area contributed by atoms with E-state index in [1.54, 1.807) is 0 Å². The molecule has 0 spiro atoms. The van der Waals surface area contributed by atoms with Gasteiger partial charge in [0.2, 0.25) is 0 Å². The molecule has 0 unspecified atom stereocenters. The Labute approximate surface area is 125 Å². The number of hydrogen-bond donors (Lipinski definition) is 1. The summed E-state index contributed by atoms with van der Waals surface area (Å²) in [5.41, 5.74) is 4.60. The predicted octanol–water partition coefficient (Wildman–Crippen LogP) is 4.78. The van der Waals surface area contributed by atoms with Gasteiger partial charge in [-0.15, -0.1) is 0 Å². The molecule has 0 bridgehead atoms. The number of nitrogens with one attached hydrogen (secondary N) is 1. The van der Waals surface area contributed by atoms with E-state index in [4.69, 9.17) is 16.3 Å². The molecule has 0 atom stereocenters. The van der Waals surface area contributed by atoms with Crippen molar-refractivity contribution in [1.82, 2.24) is 5.32 Å². The van der Waals surface area contributed by atoms with Gasteiger partial charge < -0.3 is 10.1 Å². The normalized spacial score (nSPS) is 10.7. The van der Waals surface area contributed by atoms with E-state index in [9.17, 15) is 0 Å². The van der Waals surface area contributed by atoms with Crippen LogP contribution < -0.4 is 10.1 Å². The van der Waals surface area contributed by atoms with Crippen LogP contribution in [0.25, 0.3) is 0 Å². The van der Waals surface area contributed by atoms with E-state index < -0.39 is 0 Å². The maximum Gasteiger partial charge on any atom is 0.133 e. The minimum atomic E-state index is 0.722. The van der Waals surface area contributed by atoms with E-state index in [2.05, 4.69) is 38.2 Å². The lowest BCUT2D eigenvalue weighted by molar-refractivity contribution is 0.466. The number of aryl methyl sites for hydroxylation is 2. The first-order valence-corrected chi connectivity index (χ1v) is 7.08. The van der Waals surface area contributed by atoms with Crippen LogP contribution in [0.3, 0.4) is 0 Å². The number of benzene rings is 2. The number of halogens is 1. The van der Waals surface area contributed by atoms with Crippen molar-refractivity contribution in [2.45, 2.75) is 27.3 Å². The Kier molecular flexibility index (Phi) is 4.69. The molecule has 2 rings (SSSR count). The average Bonchev–Trinajstić information content (AvgIpc) is 2.42. The van der Waals surface area contributed by atoms with Gasteiger partial charge in [0.05, 0.1) is 0 Å². The van der Waals surface area contributed by atoms with Crippen molar-refractivity contribution < 1.29 is 4.74 Å². The maximum atomic E-state index is 6.16. The van der Waals surface area contributed by atoms with Crippen molar-refractivity contribution in [2.24, 2.45) is 0 Å². The number of rotatable bonds is 4. The summed E-state index contributed by atoms with van der Waals surface area (Å²) < 4.78 is 6.16. The lowest BCUT2D eigenvalue weighted by atomic mass is 10.1. The molecule has 2 nitrogen and oxygen atoms in total. The fraction of sp³-hybridized carbons (Fsp3) is 0.294. The van der Waals surface area contributed by atoms with Crippen LogP contribution in [0.1, 0.15) is 22.3 Å². The van der Waals surface area contributed by atoms with Crippen LogP contribution in [0.5, 0.6) is 11.5 Å². The van der Waals surface area contributed by atoms with E-state index in [0.29, 0.717) is 0 Å². The second kappa shape index (κ2) is 6.29. The Bertz CT molecular complexity index is 623. The second-order valence-electron chi connectivity index (χ2n) is 5.04. The summed E-state index contributed by atoms with van der Waals surface area (Å²) in [7, 11) is 1.91. The monoisotopic (exact) mass is 289 g/mol. The molecule has 0 fully saturated rings. The lowest BCUT2D eigenvalue weighted by Gasteiger charge is -2.16. The molecule has 0 radical (unpaired) electrons. The number of ether oxygens (including phenoxy) is 1. The molecule has 0 aliphatic rings. The van der Waals surface area contributed by atoms with Crippen LogP contribution in [-0.4, -0.2) is 7.05 Å². The Morgan fingerprint density at radius 2 is 1.75 bits per heavy atom. The van der Waals surface area contributed by atoms with E-state index >= 15 is 0 Å². The van der Waals surface area contributed by atoms with Crippen molar-refractivity contribution in [3.8, 4) is 11.5 Å². The molecule has 0 aliphatic carbocycles. The fourth-order valence-electron chi connectivity index (χ4n) is 2.17. The summed E-state index contributed by atoms with van der Waals surface area (Å²) in [5, 5.41) is 3.86. The first kappa shape index (κ1) is 14.9. The van der Waals surface area contributed by atoms with Gasteiger partial charge in [0.1, 0.15) is 11.5 Å². The highest BCUT2D eigenvalue weighted by atomic mass is 35.5. The van der Waals surface area contributed by atoms with Gasteiger partial charge in [-0.3, -0.25) is 0 Å². The van der Waals surface area contributed by atoms with Gasteiger partial charge in [-0.1, -0.05) is 23.7 Å². The first-order chi connectivity index (χ1) is 9.52. The summed E-state index contributed by atoms with van der Waals surface area (Å²) in [4.78, 5) is 0. The van der Waals surface area contributed by atoms with Crippen LogP contribution in [0.2, 0.25) is 5.02 Å². The molecule has 0 heterocycles. The Morgan fingerprint density at radius 1 is 1.05 bits per heavy atom. The SMILES string of the molecule is CNCc1cc(Cl)ccc1Oc1c(C)ccc(C)c1C. The van der Waals surface area contributed by atoms with Crippen molar-refractivity contribution >= 4 is 11.6 Å². The summed E-state index contributed by atoms with van der Waals surface area (Å²) in [6, 6.07) is 9.93. The van der Waals surface area contributed by atoms with Crippen LogP contribution in [0, 0.1) is 20.8 Å². The summed E-state index contributed by atoms with van der Waals surface area (Å²) >= 11 is 6.06. The summed E-state index contributed by atoms with van der Waals surface area (Å²) in [6.45, 7) is 6.97. The molecule has 0 aromatic heterocycles. The highest BCUT2D eigenvalue weighted by Gasteiger charge is 2.11. The predicted molar refractivity (Wildman–Crippen MR) is 84.9 cm³/mol. The molecule has 2 aromatic rings. The van der Waals surface area contributed by atoms with E-state index in [0.717, 1.165) is 34.2 Å². The van der Waals surface area contributed by atoms with Gasteiger partial charge >= 0.3 is 0 Å². The van der Waals surface area contributed by atoms with Crippen LogP contribution >= 0.6 is 11.6 Å². The van der Waals surface area contributed by atoms with Crippen LogP contribution in [0.4, 0.5) is 0 Å². The standard InChI is InChI=1S/C17H20ClNO/c1-11-5-6-12(2)17(13(11)3)20-16-8-7-15(18)9-14(16)10-19-4/h5-9,19H,10H2,1-4H3. The molecule has 2 aromatic carbocycles. The zero-order valence-corrected chi connectivity index (χ0v) is 13.1. The third-order valence-corrected chi connectivity index (χ3v) is 3.71. The second-order valence-corrected chi connectivity index (χ2v) is 5.47. The Morgan fingerprint density at radius 3 is 2.45 bits per heavy atom. The first-order valence-electron chi connectivity index (χ1n) is 6.70. The van der Waals surface area contributed by atoms with Gasteiger partial charge in [-0.05, 0) is 62.7 Å². The third-order valence-electron chi connectivity index (χ3n) is 3.48. The summed E-state index contributed by atoms with van der Waals surface area (Å²) in [5.74, 6) is 1.78. The van der Waals surface area contributed by atoms with Crippen LogP contribution in [-0.2, 0) is 6.54 Å². The molecule has 0 aliphatic heterocycles. The molecule has 0 saturated heterocycles. The zero-order valence-electron chi connectivity index (χ0n) is 12.4. The van der Waals surface area contributed by atoms with Gasteiger partial charge in [0.25, 0.3) is 0 Å². The smallest absolute Gasteiger partial charge is 0.133 e. The minimum Gasteiger partial charge on any atom is -0.456 e. The molecule has 0 amide bonds. The highest BCUT2D eigenvalue weighted by molar-refractivity contribution is 6.30. The molecule has 106 valence electrons. The average molecular weight is 290 g/mol. The molecule has 3 heteroatoms. The van der Waals surface area contributed by atoms with Gasteiger partial charge in [-0.25, -0.2) is 0 Å². The molecule has 0 saturated carbocycles. The van der Waals surface area contributed by atoms with Gasteiger partial charge in [-0.2, -0.15) is 0 Å². The fourth-order valence-corrected chi connectivity index (χ4v) is 2.36.